The molecule has 0 spiro atoms. The molecule has 2 unspecified atom stereocenters. The van der Waals surface area contributed by atoms with Gasteiger partial charge in [-0.2, -0.15) is 4.31 Å². The van der Waals surface area contributed by atoms with Gasteiger partial charge in [-0.15, -0.1) is 0 Å². The molecule has 2 N–H and O–H groups in total. The zero-order valence-corrected chi connectivity index (χ0v) is 14.0. The van der Waals surface area contributed by atoms with Gasteiger partial charge < -0.3 is 10.5 Å². The van der Waals surface area contributed by atoms with Gasteiger partial charge in [-0.1, -0.05) is 0 Å². The molecular weight excluding hydrogens is 322 g/mol. The van der Waals surface area contributed by atoms with Crippen molar-refractivity contribution in [3.63, 3.8) is 0 Å². The molecule has 1 fully saturated rings. The molecule has 0 radical (unpaired) electrons. The normalized spacial score (nSPS) is 20.9. The minimum Gasteiger partial charge on any atom is -0.490 e. The van der Waals surface area contributed by atoms with Crippen LogP contribution in [-0.2, 0) is 10.0 Å². The number of benzene rings is 1. The molecule has 8 nitrogen and oxygen atoms in total. The lowest BCUT2D eigenvalue weighted by atomic mass is 9.93. The topological polar surface area (TPSA) is 116 Å². The van der Waals surface area contributed by atoms with Crippen LogP contribution in [0.2, 0.25) is 0 Å². The summed E-state index contributed by atoms with van der Waals surface area (Å²) in [5.41, 5.74) is 5.52. The summed E-state index contributed by atoms with van der Waals surface area (Å²) in [5, 5.41) is 11.1. The Morgan fingerprint density at radius 2 is 2.17 bits per heavy atom. The number of hydrogen-bond acceptors (Lipinski definition) is 6. The second kappa shape index (κ2) is 6.81. The van der Waals surface area contributed by atoms with Crippen molar-refractivity contribution in [1.82, 2.24) is 4.31 Å². The summed E-state index contributed by atoms with van der Waals surface area (Å²) in [4.78, 5) is 10.3. The molecule has 1 aromatic carbocycles. The molecular formula is C14H21N3O5S. The van der Waals surface area contributed by atoms with Crippen LogP contribution in [0.15, 0.2) is 23.1 Å². The third-order valence-corrected chi connectivity index (χ3v) is 6.01. The fraction of sp³-hybridized carbons (Fsp3) is 0.571. The summed E-state index contributed by atoms with van der Waals surface area (Å²) in [7, 11) is -2.49. The maximum Gasteiger partial charge on any atom is 0.312 e. The van der Waals surface area contributed by atoms with Crippen LogP contribution in [0.5, 0.6) is 5.75 Å². The molecule has 1 heterocycles. The molecule has 0 aromatic heterocycles. The van der Waals surface area contributed by atoms with Gasteiger partial charge in [-0.05, 0) is 37.8 Å². The van der Waals surface area contributed by atoms with E-state index >= 15 is 0 Å². The molecule has 0 aliphatic carbocycles. The zero-order valence-electron chi connectivity index (χ0n) is 13.1. The predicted molar refractivity (Wildman–Crippen MR) is 84.8 cm³/mol. The lowest BCUT2D eigenvalue weighted by Crippen LogP contribution is -2.44. The summed E-state index contributed by atoms with van der Waals surface area (Å²) < 4.78 is 31.8. The number of nitrogens with two attached hydrogens (primary N) is 1. The number of methoxy groups -OCH3 is 1. The standard InChI is InChI=1S/C14H21N3O5S/c1-10(15)11-4-3-7-16(9-11)23(20,21)12-5-6-14(22-2)13(8-12)17(18)19/h5-6,8,10-11H,3-4,7,9,15H2,1-2H3. The number of nitro groups is 1. The Bertz CT molecular complexity index is 690. The molecule has 0 amide bonds. The quantitative estimate of drug-likeness (QED) is 0.637. The van der Waals surface area contributed by atoms with Crippen LogP contribution in [0.25, 0.3) is 0 Å². The van der Waals surface area contributed by atoms with Gasteiger partial charge in [0, 0.05) is 25.2 Å². The number of hydrogen-bond donors (Lipinski definition) is 1. The van der Waals surface area contributed by atoms with Gasteiger partial charge in [0.15, 0.2) is 5.75 Å². The molecule has 0 bridgehead atoms. The van der Waals surface area contributed by atoms with Crippen molar-refractivity contribution in [1.29, 1.82) is 0 Å². The van der Waals surface area contributed by atoms with Crippen LogP contribution < -0.4 is 10.5 Å². The van der Waals surface area contributed by atoms with Crippen molar-refractivity contribution >= 4 is 15.7 Å². The molecule has 0 saturated carbocycles. The Balaban J connectivity index is 2.36. The monoisotopic (exact) mass is 343 g/mol. The first-order valence-electron chi connectivity index (χ1n) is 7.35. The molecule has 128 valence electrons. The van der Waals surface area contributed by atoms with E-state index in [2.05, 4.69) is 0 Å². The summed E-state index contributed by atoms with van der Waals surface area (Å²) in [6.45, 7) is 2.59. The van der Waals surface area contributed by atoms with Gasteiger partial charge >= 0.3 is 5.69 Å². The smallest absolute Gasteiger partial charge is 0.312 e. The van der Waals surface area contributed by atoms with Crippen LogP contribution in [0.1, 0.15) is 19.8 Å². The first kappa shape index (κ1) is 17.6. The van der Waals surface area contributed by atoms with Gasteiger partial charge in [0.1, 0.15) is 0 Å². The van der Waals surface area contributed by atoms with E-state index in [1.165, 1.54) is 23.5 Å². The summed E-state index contributed by atoms with van der Waals surface area (Å²) in [6, 6.07) is 3.58. The van der Waals surface area contributed by atoms with E-state index < -0.39 is 14.9 Å². The van der Waals surface area contributed by atoms with E-state index in [0.29, 0.717) is 13.1 Å². The molecule has 2 atom stereocenters. The van der Waals surface area contributed by atoms with Crippen molar-refractivity contribution in [2.45, 2.75) is 30.7 Å². The van der Waals surface area contributed by atoms with E-state index in [-0.39, 0.29) is 28.3 Å². The van der Waals surface area contributed by atoms with Crippen LogP contribution in [0.4, 0.5) is 5.69 Å². The van der Waals surface area contributed by atoms with Crippen molar-refractivity contribution in [3.05, 3.63) is 28.3 Å². The number of ether oxygens (including phenoxy) is 1. The highest BCUT2D eigenvalue weighted by molar-refractivity contribution is 7.89. The lowest BCUT2D eigenvalue weighted by molar-refractivity contribution is -0.386. The Hall–Kier alpha value is -1.71. The number of nitro benzene ring substituents is 1. The Kier molecular flexibility index (Phi) is 5.23. The SMILES string of the molecule is COc1ccc(S(=O)(=O)N2CCCC(C(C)N)C2)cc1[N+](=O)[O-]. The summed E-state index contributed by atoms with van der Waals surface area (Å²) in [6.07, 6.45) is 1.61. The van der Waals surface area contributed by atoms with E-state index in [1.54, 1.807) is 0 Å². The van der Waals surface area contributed by atoms with Gasteiger partial charge in [0.2, 0.25) is 10.0 Å². The number of nitrogens with zero attached hydrogens (tertiary/aromatic N) is 2. The van der Waals surface area contributed by atoms with Crippen LogP contribution in [-0.4, -0.2) is 43.9 Å². The minimum absolute atomic E-state index is 0.0288. The highest BCUT2D eigenvalue weighted by Crippen LogP contribution is 2.32. The van der Waals surface area contributed by atoms with Crippen LogP contribution in [0, 0.1) is 16.0 Å². The van der Waals surface area contributed by atoms with Gasteiger partial charge in [0.25, 0.3) is 0 Å². The third kappa shape index (κ3) is 3.62. The fourth-order valence-corrected chi connectivity index (χ4v) is 4.30. The van der Waals surface area contributed by atoms with Crippen molar-refractivity contribution < 1.29 is 18.1 Å². The fourth-order valence-electron chi connectivity index (χ4n) is 2.74. The minimum atomic E-state index is -3.79. The molecule has 9 heteroatoms. The van der Waals surface area contributed by atoms with E-state index in [0.717, 1.165) is 18.9 Å². The van der Waals surface area contributed by atoms with Gasteiger partial charge in [-0.25, -0.2) is 8.42 Å². The van der Waals surface area contributed by atoms with E-state index in [1.807, 2.05) is 6.92 Å². The lowest BCUT2D eigenvalue weighted by Gasteiger charge is -2.33. The number of piperidine rings is 1. The maximum absolute atomic E-state index is 12.8. The van der Waals surface area contributed by atoms with Crippen molar-refractivity contribution in [2.75, 3.05) is 20.2 Å². The average Bonchev–Trinajstić information content (AvgIpc) is 2.54. The zero-order chi connectivity index (χ0) is 17.2. The number of rotatable bonds is 5. The Morgan fingerprint density at radius 3 is 2.74 bits per heavy atom. The molecule has 1 saturated heterocycles. The van der Waals surface area contributed by atoms with Crippen LogP contribution in [0.3, 0.4) is 0 Å². The second-order valence-electron chi connectivity index (χ2n) is 5.72. The average molecular weight is 343 g/mol. The van der Waals surface area contributed by atoms with E-state index in [9.17, 15) is 18.5 Å². The predicted octanol–water partition coefficient (Wildman–Crippen LogP) is 1.35. The van der Waals surface area contributed by atoms with Crippen LogP contribution >= 0.6 is 0 Å². The maximum atomic E-state index is 12.8. The van der Waals surface area contributed by atoms with Gasteiger partial charge in [-0.3, -0.25) is 10.1 Å². The Labute approximate surface area is 135 Å². The van der Waals surface area contributed by atoms with E-state index in [4.69, 9.17) is 10.5 Å². The summed E-state index contributed by atoms with van der Waals surface area (Å²) in [5.74, 6) is 0.118. The van der Waals surface area contributed by atoms with Crippen molar-refractivity contribution in [3.8, 4) is 5.75 Å². The molecule has 23 heavy (non-hydrogen) atoms. The molecule has 2 rings (SSSR count). The largest absolute Gasteiger partial charge is 0.490 e. The summed E-state index contributed by atoms with van der Waals surface area (Å²) >= 11 is 0. The number of sulfonamides is 1. The molecule has 1 aromatic rings. The molecule has 1 aliphatic rings. The molecule has 1 aliphatic heterocycles. The highest BCUT2D eigenvalue weighted by atomic mass is 32.2. The third-order valence-electron chi connectivity index (χ3n) is 4.15. The first-order valence-corrected chi connectivity index (χ1v) is 8.79. The highest BCUT2D eigenvalue weighted by Gasteiger charge is 2.33. The van der Waals surface area contributed by atoms with Crippen molar-refractivity contribution in [2.24, 2.45) is 11.7 Å². The first-order chi connectivity index (χ1) is 10.8. The Morgan fingerprint density at radius 1 is 1.48 bits per heavy atom. The second-order valence-corrected chi connectivity index (χ2v) is 7.65. The van der Waals surface area contributed by atoms with Gasteiger partial charge in [0.05, 0.1) is 16.9 Å².